The minimum Gasteiger partial charge on any atom is -0.481 e. The van der Waals surface area contributed by atoms with Gasteiger partial charge in [-0.25, -0.2) is 9.97 Å². The van der Waals surface area contributed by atoms with Crippen LogP contribution in [0.3, 0.4) is 0 Å². The van der Waals surface area contributed by atoms with E-state index < -0.39 is 0 Å². The smallest absolute Gasteiger partial charge is 0.218 e. The summed E-state index contributed by atoms with van der Waals surface area (Å²) in [6.07, 6.45) is 5.10. The zero-order valence-corrected chi connectivity index (χ0v) is 14.6. The largest absolute Gasteiger partial charge is 0.481 e. The molecular formula is C19H26N4O. The van der Waals surface area contributed by atoms with Crippen LogP contribution >= 0.6 is 0 Å². The summed E-state index contributed by atoms with van der Waals surface area (Å²) in [5, 5.41) is 0. The van der Waals surface area contributed by atoms with Crippen LogP contribution in [-0.2, 0) is 6.42 Å². The highest BCUT2D eigenvalue weighted by molar-refractivity contribution is 5.41. The normalized spacial score (nSPS) is 18.0. The van der Waals surface area contributed by atoms with E-state index >= 15 is 0 Å². The Kier molecular flexibility index (Phi) is 5.64. The second-order valence-corrected chi connectivity index (χ2v) is 6.38. The Morgan fingerprint density at radius 2 is 2.08 bits per heavy atom. The Morgan fingerprint density at radius 3 is 2.88 bits per heavy atom. The van der Waals surface area contributed by atoms with Gasteiger partial charge in [-0.2, -0.15) is 0 Å². The predicted molar refractivity (Wildman–Crippen MR) is 96.6 cm³/mol. The van der Waals surface area contributed by atoms with Gasteiger partial charge in [-0.05, 0) is 31.9 Å². The Balaban J connectivity index is 1.58. The number of ether oxygens (including phenoxy) is 1. The van der Waals surface area contributed by atoms with Gasteiger partial charge in [-0.1, -0.05) is 30.3 Å². The van der Waals surface area contributed by atoms with Gasteiger partial charge in [0.1, 0.15) is 12.1 Å². The Labute approximate surface area is 144 Å². The van der Waals surface area contributed by atoms with Crippen molar-refractivity contribution in [3.63, 3.8) is 0 Å². The molecule has 1 aliphatic rings. The number of benzene rings is 1. The maximum Gasteiger partial charge on any atom is 0.218 e. The highest BCUT2D eigenvalue weighted by atomic mass is 16.5. The van der Waals surface area contributed by atoms with E-state index in [1.165, 1.54) is 18.4 Å². The van der Waals surface area contributed by atoms with Crippen LogP contribution in [-0.4, -0.2) is 54.7 Å². The van der Waals surface area contributed by atoms with E-state index in [1.54, 1.807) is 13.4 Å². The highest BCUT2D eigenvalue weighted by Crippen LogP contribution is 2.22. The van der Waals surface area contributed by atoms with Crippen LogP contribution < -0.4 is 9.64 Å². The number of hydrogen-bond acceptors (Lipinski definition) is 5. The molecule has 1 aromatic carbocycles. The highest BCUT2D eigenvalue weighted by Gasteiger charge is 2.24. The fourth-order valence-corrected chi connectivity index (χ4v) is 3.27. The molecule has 1 aromatic heterocycles. The first-order chi connectivity index (χ1) is 11.8. The second-order valence-electron chi connectivity index (χ2n) is 6.38. The number of anilines is 1. The van der Waals surface area contributed by atoms with E-state index in [0.29, 0.717) is 11.9 Å². The topological polar surface area (TPSA) is 41.5 Å². The molecule has 0 radical (unpaired) electrons. The fraction of sp³-hybridized carbons (Fsp3) is 0.474. The summed E-state index contributed by atoms with van der Waals surface area (Å²) in [6.45, 7) is 3.13. The van der Waals surface area contributed by atoms with Crippen LogP contribution in [0.15, 0.2) is 42.7 Å². The van der Waals surface area contributed by atoms with Gasteiger partial charge in [0, 0.05) is 31.7 Å². The van der Waals surface area contributed by atoms with Gasteiger partial charge in [-0.15, -0.1) is 0 Å². The van der Waals surface area contributed by atoms with E-state index in [-0.39, 0.29) is 0 Å². The molecule has 128 valence electrons. The molecule has 2 aromatic rings. The SMILES string of the molecule is COc1cc(N2CCCC(N(C)CCc3ccccc3)C2)ncn1. The molecule has 0 spiro atoms. The van der Waals surface area contributed by atoms with Crippen molar-refractivity contribution in [1.82, 2.24) is 14.9 Å². The van der Waals surface area contributed by atoms with Crippen molar-refractivity contribution >= 4 is 5.82 Å². The summed E-state index contributed by atoms with van der Waals surface area (Å²) in [5.41, 5.74) is 1.40. The van der Waals surface area contributed by atoms with Crippen molar-refractivity contribution < 1.29 is 4.74 Å². The van der Waals surface area contributed by atoms with Gasteiger partial charge in [0.15, 0.2) is 0 Å². The Morgan fingerprint density at radius 1 is 1.25 bits per heavy atom. The summed E-state index contributed by atoms with van der Waals surface area (Å²) in [6, 6.07) is 13.2. The standard InChI is InChI=1S/C19H26N4O/c1-22(12-10-16-7-4-3-5-8-16)17-9-6-11-23(14-17)18-13-19(24-2)21-15-20-18/h3-5,7-8,13,15,17H,6,9-12,14H2,1-2H3. The molecule has 5 nitrogen and oxygen atoms in total. The predicted octanol–water partition coefficient (Wildman–Crippen LogP) is 2.63. The number of hydrogen-bond donors (Lipinski definition) is 0. The van der Waals surface area contributed by atoms with Gasteiger partial charge in [0.2, 0.25) is 5.88 Å². The summed E-state index contributed by atoms with van der Waals surface area (Å²) in [5.74, 6) is 1.59. The first kappa shape index (κ1) is 16.7. The average Bonchev–Trinajstić information content (AvgIpc) is 2.67. The number of aromatic nitrogens is 2. The molecular weight excluding hydrogens is 300 g/mol. The third-order valence-corrected chi connectivity index (χ3v) is 4.78. The first-order valence-electron chi connectivity index (χ1n) is 8.61. The maximum atomic E-state index is 5.22. The lowest BCUT2D eigenvalue weighted by atomic mass is 10.0. The number of methoxy groups -OCH3 is 1. The van der Waals surface area contributed by atoms with Crippen molar-refractivity contribution in [2.45, 2.75) is 25.3 Å². The molecule has 0 N–H and O–H groups in total. The molecule has 24 heavy (non-hydrogen) atoms. The summed E-state index contributed by atoms with van der Waals surface area (Å²) in [7, 11) is 3.88. The molecule has 1 unspecified atom stereocenters. The molecule has 0 saturated carbocycles. The van der Waals surface area contributed by atoms with Crippen LogP contribution in [0, 0.1) is 0 Å². The molecule has 1 aliphatic heterocycles. The van der Waals surface area contributed by atoms with Gasteiger partial charge in [0.05, 0.1) is 7.11 Å². The van der Waals surface area contributed by atoms with Crippen LogP contribution in [0.1, 0.15) is 18.4 Å². The van der Waals surface area contributed by atoms with E-state index in [0.717, 1.165) is 31.9 Å². The molecule has 5 heteroatoms. The fourth-order valence-electron chi connectivity index (χ4n) is 3.27. The third kappa shape index (κ3) is 4.23. The Hall–Kier alpha value is -2.14. The first-order valence-corrected chi connectivity index (χ1v) is 8.61. The lowest BCUT2D eigenvalue weighted by Crippen LogP contribution is -2.47. The van der Waals surface area contributed by atoms with Crippen LogP contribution in [0.5, 0.6) is 5.88 Å². The molecule has 0 amide bonds. The molecule has 2 heterocycles. The quantitative estimate of drug-likeness (QED) is 0.816. The van der Waals surface area contributed by atoms with Crippen molar-refractivity contribution in [3.8, 4) is 5.88 Å². The Bertz CT molecular complexity index is 634. The molecule has 1 atom stereocenters. The third-order valence-electron chi connectivity index (χ3n) is 4.78. The second kappa shape index (κ2) is 8.11. The van der Waals surface area contributed by atoms with Crippen LogP contribution in [0.2, 0.25) is 0 Å². The number of likely N-dealkylation sites (N-methyl/N-ethyl adjacent to an activating group) is 1. The van der Waals surface area contributed by atoms with Gasteiger partial charge < -0.3 is 14.5 Å². The van der Waals surface area contributed by atoms with E-state index in [1.807, 2.05) is 6.07 Å². The lowest BCUT2D eigenvalue weighted by molar-refractivity contribution is 0.217. The average molecular weight is 326 g/mol. The molecule has 3 rings (SSSR count). The summed E-state index contributed by atoms with van der Waals surface area (Å²) in [4.78, 5) is 13.3. The lowest BCUT2D eigenvalue weighted by Gasteiger charge is -2.38. The molecule has 0 aliphatic carbocycles. The molecule has 0 bridgehead atoms. The van der Waals surface area contributed by atoms with Crippen LogP contribution in [0.25, 0.3) is 0 Å². The van der Waals surface area contributed by atoms with Gasteiger partial charge in [0.25, 0.3) is 0 Å². The number of piperidine rings is 1. The van der Waals surface area contributed by atoms with E-state index in [2.05, 4.69) is 57.1 Å². The number of rotatable bonds is 6. The van der Waals surface area contributed by atoms with Crippen molar-refractivity contribution in [2.24, 2.45) is 0 Å². The van der Waals surface area contributed by atoms with Crippen LogP contribution in [0.4, 0.5) is 5.82 Å². The minimum absolute atomic E-state index is 0.559. The van der Waals surface area contributed by atoms with Crippen molar-refractivity contribution in [1.29, 1.82) is 0 Å². The van der Waals surface area contributed by atoms with E-state index in [4.69, 9.17) is 4.74 Å². The van der Waals surface area contributed by atoms with Gasteiger partial charge >= 0.3 is 0 Å². The zero-order valence-electron chi connectivity index (χ0n) is 14.6. The molecule has 1 fully saturated rings. The zero-order chi connectivity index (χ0) is 16.8. The number of nitrogens with zero attached hydrogens (tertiary/aromatic N) is 4. The maximum absolute atomic E-state index is 5.22. The van der Waals surface area contributed by atoms with Gasteiger partial charge in [-0.3, -0.25) is 0 Å². The minimum atomic E-state index is 0.559. The summed E-state index contributed by atoms with van der Waals surface area (Å²) >= 11 is 0. The van der Waals surface area contributed by atoms with Crippen molar-refractivity contribution in [3.05, 3.63) is 48.3 Å². The van der Waals surface area contributed by atoms with E-state index in [9.17, 15) is 0 Å². The summed E-state index contributed by atoms with van der Waals surface area (Å²) < 4.78 is 5.22. The monoisotopic (exact) mass is 326 g/mol. The molecule has 1 saturated heterocycles. The van der Waals surface area contributed by atoms with Crippen molar-refractivity contribution in [2.75, 3.05) is 38.7 Å².